The number of phenols is 1. The molecule has 2 aromatic carbocycles. The number of carbonyl (C=O) groups excluding carboxylic acids is 1. The zero-order valence-corrected chi connectivity index (χ0v) is 9.63. The molecule has 0 fully saturated rings. The van der Waals surface area contributed by atoms with E-state index in [1.54, 1.807) is 0 Å². The number of hydrogen-bond acceptors (Lipinski definition) is 3. The minimum Gasteiger partial charge on any atom is -0.507 e. The fraction of sp³-hybridized carbons (Fsp3) is 0. The fourth-order valence-corrected chi connectivity index (χ4v) is 1.71. The molecule has 0 aromatic heterocycles. The van der Waals surface area contributed by atoms with Gasteiger partial charge >= 0.3 is 5.97 Å². The quantitative estimate of drug-likeness (QED) is 0.832. The second kappa shape index (κ2) is 4.89. The van der Waals surface area contributed by atoms with Crippen LogP contribution in [0.3, 0.4) is 0 Å². The third-order valence-corrected chi connectivity index (χ3v) is 2.67. The van der Waals surface area contributed by atoms with Crippen LogP contribution in [0.25, 0.3) is 11.1 Å². The first-order valence-corrected chi connectivity index (χ1v) is 5.34. The molecule has 0 spiro atoms. The zero-order chi connectivity index (χ0) is 14.0. The number of carboxylic acids is 1. The summed E-state index contributed by atoms with van der Waals surface area (Å²) in [7, 11) is 0. The van der Waals surface area contributed by atoms with Crippen LogP contribution in [0.2, 0.25) is 0 Å². The van der Waals surface area contributed by atoms with Crippen LogP contribution >= 0.6 is 0 Å². The Labute approximate surface area is 107 Å². The van der Waals surface area contributed by atoms with Gasteiger partial charge in [0.15, 0.2) is 0 Å². The summed E-state index contributed by atoms with van der Waals surface area (Å²) in [5.41, 5.74) is 0.439. The van der Waals surface area contributed by atoms with Crippen molar-refractivity contribution in [1.82, 2.24) is 0 Å². The van der Waals surface area contributed by atoms with Gasteiger partial charge in [-0.05, 0) is 35.9 Å². The van der Waals surface area contributed by atoms with E-state index in [0.29, 0.717) is 17.4 Å². The van der Waals surface area contributed by atoms with Crippen LogP contribution in [0, 0.1) is 5.82 Å². The molecule has 0 aliphatic rings. The molecule has 2 rings (SSSR count). The van der Waals surface area contributed by atoms with Crippen molar-refractivity contribution < 1.29 is 24.2 Å². The van der Waals surface area contributed by atoms with Crippen molar-refractivity contribution in [2.75, 3.05) is 0 Å². The lowest BCUT2D eigenvalue weighted by molar-refractivity contribution is 0.0691. The van der Waals surface area contributed by atoms with Crippen LogP contribution in [-0.4, -0.2) is 22.5 Å². The molecule has 2 aromatic rings. The maximum Gasteiger partial charge on any atom is 0.338 e. The van der Waals surface area contributed by atoms with Crippen LogP contribution < -0.4 is 0 Å². The molecule has 4 nitrogen and oxygen atoms in total. The van der Waals surface area contributed by atoms with Gasteiger partial charge < -0.3 is 10.2 Å². The lowest BCUT2D eigenvalue weighted by atomic mass is 10.0. The van der Waals surface area contributed by atoms with Gasteiger partial charge in [0, 0.05) is 11.1 Å². The predicted molar refractivity (Wildman–Crippen MR) is 65.8 cm³/mol. The van der Waals surface area contributed by atoms with Crippen molar-refractivity contribution in [3.8, 4) is 16.9 Å². The Hall–Kier alpha value is -2.69. The lowest BCUT2D eigenvalue weighted by Gasteiger charge is -2.07. The Morgan fingerprint density at radius 2 is 1.89 bits per heavy atom. The van der Waals surface area contributed by atoms with Crippen LogP contribution in [-0.2, 0) is 0 Å². The highest BCUT2D eigenvalue weighted by Gasteiger charge is 2.13. The van der Waals surface area contributed by atoms with E-state index >= 15 is 0 Å². The molecule has 0 aliphatic carbocycles. The van der Waals surface area contributed by atoms with Gasteiger partial charge in [0.1, 0.15) is 17.9 Å². The fourth-order valence-electron chi connectivity index (χ4n) is 1.71. The number of hydrogen-bond donors (Lipinski definition) is 2. The number of phenolic OH excluding ortho intramolecular Hbond substituents is 1. The van der Waals surface area contributed by atoms with E-state index in [1.165, 1.54) is 24.3 Å². The first-order valence-electron chi connectivity index (χ1n) is 5.34. The van der Waals surface area contributed by atoms with Crippen molar-refractivity contribution in [3.05, 3.63) is 53.3 Å². The van der Waals surface area contributed by atoms with E-state index in [2.05, 4.69) is 0 Å². The maximum atomic E-state index is 13.6. The largest absolute Gasteiger partial charge is 0.507 e. The Balaban J connectivity index is 2.56. The topological polar surface area (TPSA) is 74.6 Å². The predicted octanol–water partition coefficient (Wildman–Crippen LogP) is 2.71. The van der Waals surface area contributed by atoms with Crippen LogP contribution in [0.1, 0.15) is 20.7 Å². The molecule has 0 amide bonds. The Bertz CT molecular complexity index is 664. The minimum atomic E-state index is -1.37. The summed E-state index contributed by atoms with van der Waals surface area (Å²) in [6.45, 7) is 0. The molecule has 0 unspecified atom stereocenters. The Morgan fingerprint density at radius 3 is 2.47 bits per heavy atom. The highest BCUT2D eigenvalue weighted by molar-refractivity contribution is 5.89. The highest BCUT2D eigenvalue weighted by Crippen LogP contribution is 2.30. The summed E-state index contributed by atoms with van der Waals surface area (Å²) >= 11 is 0. The number of aromatic carboxylic acids is 1. The number of carbonyl (C=O) groups is 2. The van der Waals surface area contributed by atoms with Gasteiger partial charge in [-0.3, -0.25) is 4.79 Å². The van der Waals surface area contributed by atoms with Crippen LogP contribution in [0.15, 0.2) is 36.4 Å². The number of halogens is 1. The lowest BCUT2D eigenvalue weighted by Crippen LogP contribution is -2.00. The SMILES string of the molecule is O=Cc1ccc(O)c(-c2ccc(C(=O)O)c(F)c2)c1. The molecule has 0 aliphatic heterocycles. The smallest absolute Gasteiger partial charge is 0.338 e. The number of aldehydes is 1. The standard InChI is InChI=1S/C14H9FO4/c15-12-6-9(2-3-10(12)14(18)19)11-5-8(7-16)1-4-13(11)17/h1-7,17H,(H,18,19). The van der Waals surface area contributed by atoms with Gasteiger partial charge in [0.05, 0.1) is 5.56 Å². The first kappa shape index (κ1) is 12.8. The van der Waals surface area contributed by atoms with Gasteiger partial charge in [0.25, 0.3) is 0 Å². The summed E-state index contributed by atoms with van der Waals surface area (Å²) in [6, 6.07) is 7.64. The third kappa shape index (κ3) is 2.44. The molecule has 19 heavy (non-hydrogen) atoms. The molecule has 5 heteroatoms. The molecule has 2 N–H and O–H groups in total. The first-order chi connectivity index (χ1) is 9.02. The van der Waals surface area contributed by atoms with Gasteiger partial charge in [-0.25, -0.2) is 9.18 Å². The zero-order valence-electron chi connectivity index (χ0n) is 9.63. The molecule has 0 radical (unpaired) electrons. The van der Waals surface area contributed by atoms with Crippen LogP contribution in [0.5, 0.6) is 5.75 Å². The summed E-state index contributed by atoms with van der Waals surface area (Å²) in [5.74, 6) is -2.39. The van der Waals surface area contributed by atoms with Gasteiger partial charge in [-0.15, -0.1) is 0 Å². The molecule has 0 heterocycles. The summed E-state index contributed by atoms with van der Waals surface area (Å²) < 4.78 is 13.6. The van der Waals surface area contributed by atoms with E-state index in [9.17, 15) is 19.1 Å². The Kier molecular flexibility index (Phi) is 3.29. The van der Waals surface area contributed by atoms with Gasteiger partial charge in [-0.1, -0.05) is 6.07 Å². The maximum absolute atomic E-state index is 13.6. The summed E-state index contributed by atoms with van der Waals surface area (Å²) in [5, 5.41) is 18.4. The van der Waals surface area contributed by atoms with E-state index in [0.717, 1.165) is 12.1 Å². The number of benzene rings is 2. The van der Waals surface area contributed by atoms with Crippen molar-refractivity contribution in [2.24, 2.45) is 0 Å². The second-order valence-electron chi connectivity index (χ2n) is 3.89. The van der Waals surface area contributed by atoms with Crippen molar-refractivity contribution in [1.29, 1.82) is 0 Å². The summed E-state index contributed by atoms with van der Waals surface area (Å²) in [4.78, 5) is 21.4. The number of aromatic hydroxyl groups is 1. The Morgan fingerprint density at radius 1 is 1.16 bits per heavy atom. The number of carboxylic acid groups (broad SMARTS) is 1. The van der Waals surface area contributed by atoms with Gasteiger partial charge in [-0.2, -0.15) is 0 Å². The third-order valence-electron chi connectivity index (χ3n) is 2.67. The molecule has 0 atom stereocenters. The molecular formula is C14H9FO4. The molecule has 0 saturated heterocycles. The van der Waals surface area contributed by atoms with E-state index < -0.39 is 17.3 Å². The molecule has 0 bridgehead atoms. The summed E-state index contributed by atoms with van der Waals surface area (Å²) in [6.07, 6.45) is 0.602. The molecule has 0 saturated carbocycles. The average molecular weight is 260 g/mol. The van der Waals surface area contributed by atoms with E-state index in [-0.39, 0.29) is 11.3 Å². The molecule has 96 valence electrons. The van der Waals surface area contributed by atoms with Gasteiger partial charge in [0.2, 0.25) is 0 Å². The highest BCUT2D eigenvalue weighted by atomic mass is 19.1. The number of rotatable bonds is 3. The van der Waals surface area contributed by atoms with Crippen LogP contribution in [0.4, 0.5) is 4.39 Å². The normalized spacial score (nSPS) is 10.2. The van der Waals surface area contributed by atoms with Crippen molar-refractivity contribution >= 4 is 12.3 Å². The monoisotopic (exact) mass is 260 g/mol. The van der Waals surface area contributed by atoms with Crippen molar-refractivity contribution in [2.45, 2.75) is 0 Å². The molecular weight excluding hydrogens is 251 g/mol. The minimum absolute atomic E-state index is 0.118. The average Bonchev–Trinajstić information content (AvgIpc) is 2.38. The van der Waals surface area contributed by atoms with E-state index in [4.69, 9.17) is 5.11 Å². The second-order valence-corrected chi connectivity index (χ2v) is 3.89. The van der Waals surface area contributed by atoms with E-state index in [1.807, 2.05) is 0 Å². The van der Waals surface area contributed by atoms with Crippen molar-refractivity contribution in [3.63, 3.8) is 0 Å².